The van der Waals surface area contributed by atoms with Crippen LogP contribution in [0.1, 0.15) is 44.5 Å². The second-order valence-corrected chi connectivity index (χ2v) is 22.0. The van der Waals surface area contributed by atoms with E-state index in [1.807, 2.05) is 0 Å². The number of nitrogens with zero attached hydrogens (tertiary/aromatic N) is 3. The fourth-order valence-corrected chi connectivity index (χ4v) is 14.3. The third kappa shape index (κ3) is 6.61. The van der Waals surface area contributed by atoms with Crippen molar-refractivity contribution in [1.82, 2.24) is 14.6 Å². The summed E-state index contributed by atoms with van der Waals surface area (Å²) < 4.78 is 9.21. The zero-order chi connectivity index (χ0) is 53.9. The molecule has 4 nitrogen and oxygen atoms in total. The predicted octanol–water partition coefficient (Wildman–Crippen LogP) is 19.2. The largest absolute Gasteiger partial charge is 0.455 e. The quantitative estimate of drug-likeness (QED) is 0.152. The SMILES string of the molecule is c1ccc(C2(c3ccccc3)c3ccccc3-c3ccc(-c4ccc5oc6c(-c7ccc(-c8nnc9c%10ccccc%10ccn89)cc7)cc(-c7ccc8c(c7)C(c7ccccc7)(c7ccccc7)c7ccccc7-8)cc6c5c4)cc32)cc1. The lowest BCUT2D eigenvalue weighted by Gasteiger charge is -2.34. The first-order valence-corrected chi connectivity index (χ1v) is 28.2. The van der Waals surface area contributed by atoms with Gasteiger partial charge >= 0.3 is 0 Å². The third-order valence-electron chi connectivity index (χ3n) is 17.9. The molecule has 3 aromatic heterocycles. The highest BCUT2D eigenvalue weighted by atomic mass is 16.3. The van der Waals surface area contributed by atoms with Gasteiger partial charge in [-0.2, -0.15) is 0 Å². The van der Waals surface area contributed by atoms with Crippen molar-refractivity contribution in [1.29, 1.82) is 0 Å². The van der Waals surface area contributed by atoms with Gasteiger partial charge in [0.15, 0.2) is 11.5 Å². The molecule has 0 saturated carbocycles. The summed E-state index contributed by atoms with van der Waals surface area (Å²) in [6.45, 7) is 0. The Morgan fingerprint density at radius 2 is 0.744 bits per heavy atom. The van der Waals surface area contributed by atoms with Crippen LogP contribution in [0.25, 0.3) is 105 Å². The van der Waals surface area contributed by atoms with Crippen LogP contribution in [0.2, 0.25) is 0 Å². The summed E-state index contributed by atoms with van der Waals surface area (Å²) in [5.74, 6) is 0.794. The Bertz CT molecular complexity index is 4940. The molecule has 2 aliphatic rings. The van der Waals surface area contributed by atoms with E-state index in [4.69, 9.17) is 9.52 Å². The molecule has 0 N–H and O–H groups in total. The molecule has 0 aliphatic heterocycles. The highest BCUT2D eigenvalue weighted by Crippen LogP contribution is 2.59. The van der Waals surface area contributed by atoms with Crippen molar-refractivity contribution in [3.8, 4) is 67.0 Å². The van der Waals surface area contributed by atoms with Crippen LogP contribution in [0.3, 0.4) is 0 Å². The molecule has 382 valence electrons. The van der Waals surface area contributed by atoms with Gasteiger partial charge in [-0.3, -0.25) is 4.40 Å². The topological polar surface area (TPSA) is 43.3 Å². The van der Waals surface area contributed by atoms with Gasteiger partial charge < -0.3 is 4.42 Å². The standard InChI is InChI=1S/C78H49N3O/c1-5-20-57(21-6-1)77(58-22-7-2-8-23-58)69-31-17-15-29-62(69)64-40-37-54(48-71(64)77)53-39-42-73-67(45-53)68-47-56(46-66(74(68)82-73)51-33-35-52(36-34-51)75-79-80-76-61-28-14-13-19-50(61)43-44-81(75)76)55-38-41-65-63-30-16-18-32-70(63)78(72(65)49-55,59-24-9-3-10-25-59)60-26-11-4-12-27-60/h1-49H. The van der Waals surface area contributed by atoms with Crippen LogP contribution in [0, 0.1) is 0 Å². The van der Waals surface area contributed by atoms with E-state index in [9.17, 15) is 0 Å². The van der Waals surface area contributed by atoms with Crippen molar-refractivity contribution in [2.75, 3.05) is 0 Å². The van der Waals surface area contributed by atoms with Crippen LogP contribution in [-0.4, -0.2) is 14.6 Å². The molecule has 4 heteroatoms. The van der Waals surface area contributed by atoms with E-state index in [0.29, 0.717) is 0 Å². The van der Waals surface area contributed by atoms with Gasteiger partial charge in [-0.05, 0) is 142 Å². The van der Waals surface area contributed by atoms with Gasteiger partial charge in [0.1, 0.15) is 11.2 Å². The minimum absolute atomic E-state index is 0.512. The van der Waals surface area contributed by atoms with E-state index in [1.165, 1.54) is 66.8 Å². The monoisotopic (exact) mass is 1040 g/mol. The minimum Gasteiger partial charge on any atom is -0.455 e. The molecule has 0 radical (unpaired) electrons. The Balaban J connectivity index is 0.870. The molecule has 2 aliphatic carbocycles. The Labute approximate surface area is 474 Å². The van der Waals surface area contributed by atoms with Gasteiger partial charge in [0.2, 0.25) is 0 Å². The van der Waals surface area contributed by atoms with Crippen molar-refractivity contribution >= 4 is 38.4 Å². The van der Waals surface area contributed by atoms with E-state index in [-0.39, 0.29) is 0 Å². The number of benzene rings is 12. The van der Waals surface area contributed by atoms with Crippen LogP contribution in [0.4, 0.5) is 0 Å². The van der Waals surface area contributed by atoms with Gasteiger partial charge in [0.25, 0.3) is 0 Å². The van der Waals surface area contributed by atoms with Gasteiger partial charge in [-0.15, -0.1) is 10.2 Å². The third-order valence-corrected chi connectivity index (χ3v) is 17.9. The number of fused-ring (bicyclic) bond motifs is 12. The fraction of sp³-hybridized carbons (Fsp3) is 0.0256. The number of hydrogen-bond donors (Lipinski definition) is 0. The second-order valence-electron chi connectivity index (χ2n) is 22.0. The molecule has 0 saturated heterocycles. The Morgan fingerprint density at radius 1 is 0.293 bits per heavy atom. The molecule has 0 unspecified atom stereocenters. The molecule has 82 heavy (non-hydrogen) atoms. The first-order valence-electron chi connectivity index (χ1n) is 28.2. The van der Waals surface area contributed by atoms with Crippen molar-refractivity contribution in [3.05, 3.63) is 342 Å². The predicted molar refractivity (Wildman–Crippen MR) is 334 cm³/mol. The fourth-order valence-electron chi connectivity index (χ4n) is 14.3. The lowest BCUT2D eigenvalue weighted by Crippen LogP contribution is -2.28. The van der Waals surface area contributed by atoms with Gasteiger partial charge in [0.05, 0.1) is 10.8 Å². The Kier molecular flexibility index (Phi) is 10.1. The lowest BCUT2D eigenvalue weighted by molar-refractivity contribution is 0.670. The summed E-state index contributed by atoms with van der Waals surface area (Å²) in [4.78, 5) is 0. The molecule has 0 bridgehead atoms. The molecule has 12 aromatic carbocycles. The summed E-state index contributed by atoms with van der Waals surface area (Å²) in [5.41, 5.74) is 24.2. The zero-order valence-corrected chi connectivity index (χ0v) is 44.5. The molecule has 0 fully saturated rings. The van der Waals surface area contributed by atoms with E-state index < -0.39 is 10.8 Å². The van der Waals surface area contributed by atoms with Crippen LogP contribution in [-0.2, 0) is 10.8 Å². The van der Waals surface area contributed by atoms with Crippen LogP contribution in [0.5, 0.6) is 0 Å². The molecular weight excluding hydrogens is 995 g/mol. The number of aromatic nitrogens is 3. The second kappa shape index (κ2) is 17.9. The van der Waals surface area contributed by atoms with E-state index in [1.54, 1.807) is 0 Å². The number of pyridine rings is 1. The van der Waals surface area contributed by atoms with Crippen LogP contribution in [0.15, 0.2) is 302 Å². The first-order chi connectivity index (χ1) is 40.6. The molecule has 15 aromatic rings. The van der Waals surface area contributed by atoms with Crippen LogP contribution < -0.4 is 0 Å². The van der Waals surface area contributed by atoms with Crippen molar-refractivity contribution < 1.29 is 4.42 Å². The smallest absolute Gasteiger partial charge is 0.168 e. The van der Waals surface area contributed by atoms with Crippen molar-refractivity contribution in [2.24, 2.45) is 0 Å². The Hall–Kier alpha value is -10.7. The molecule has 0 atom stereocenters. The minimum atomic E-state index is -0.543. The first kappa shape index (κ1) is 46.3. The molecule has 3 heterocycles. The summed E-state index contributed by atoms with van der Waals surface area (Å²) in [6.07, 6.45) is 2.07. The van der Waals surface area contributed by atoms with E-state index in [2.05, 4.69) is 307 Å². The maximum Gasteiger partial charge on any atom is 0.168 e. The molecule has 0 amide bonds. The molecule has 17 rings (SSSR count). The van der Waals surface area contributed by atoms with Gasteiger partial charge in [0, 0.05) is 33.5 Å². The maximum absolute atomic E-state index is 7.12. The number of hydrogen-bond acceptors (Lipinski definition) is 3. The zero-order valence-electron chi connectivity index (χ0n) is 44.5. The summed E-state index contributed by atoms with van der Waals surface area (Å²) >= 11 is 0. The summed E-state index contributed by atoms with van der Waals surface area (Å²) in [5, 5.41) is 13.8. The van der Waals surface area contributed by atoms with E-state index in [0.717, 1.165) is 83.1 Å². The average molecular weight is 1040 g/mol. The Morgan fingerprint density at radius 3 is 1.33 bits per heavy atom. The van der Waals surface area contributed by atoms with Crippen molar-refractivity contribution in [2.45, 2.75) is 10.8 Å². The van der Waals surface area contributed by atoms with E-state index >= 15 is 0 Å². The number of rotatable bonds is 8. The normalized spacial score (nSPS) is 13.6. The summed E-state index contributed by atoms with van der Waals surface area (Å²) in [7, 11) is 0. The highest BCUT2D eigenvalue weighted by molar-refractivity contribution is 6.12. The lowest BCUT2D eigenvalue weighted by atomic mass is 9.67. The molecular formula is C78H49N3O. The van der Waals surface area contributed by atoms with Crippen LogP contribution >= 0.6 is 0 Å². The highest BCUT2D eigenvalue weighted by Gasteiger charge is 2.47. The number of furan rings is 1. The van der Waals surface area contributed by atoms with Gasteiger partial charge in [-0.25, -0.2) is 0 Å². The average Bonchev–Trinajstić information content (AvgIpc) is 2.30. The van der Waals surface area contributed by atoms with Gasteiger partial charge in [-0.1, -0.05) is 249 Å². The summed E-state index contributed by atoms with van der Waals surface area (Å²) in [6, 6.07) is 107. The molecule has 0 spiro atoms. The maximum atomic E-state index is 7.12. The van der Waals surface area contributed by atoms with Crippen molar-refractivity contribution in [3.63, 3.8) is 0 Å².